The van der Waals surface area contributed by atoms with E-state index < -0.39 is 5.91 Å². The molecule has 0 aliphatic heterocycles. The lowest BCUT2D eigenvalue weighted by Crippen LogP contribution is -2.27. The lowest BCUT2D eigenvalue weighted by Gasteiger charge is -2.11. The number of nitriles is 1. The summed E-state index contributed by atoms with van der Waals surface area (Å²) < 4.78 is 10.8. The van der Waals surface area contributed by atoms with Crippen molar-refractivity contribution in [1.82, 2.24) is 10.3 Å². The molecular weight excluding hydrogens is 372 g/mol. The molecule has 1 N–H and O–H groups in total. The van der Waals surface area contributed by atoms with Crippen LogP contribution in [0, 0.1) is 11.3 Å². The highest BCUT2D eigenvalue weighted by Crippen LogP contribution is 2.16. The van der Waals surface area contributed by atoms with Crippen LogP contribution >= 0.6 is 0 Å². The first-order valence-corrected chi connectivity index (χ1v) is 8.79. The van der Waals surface area contributed by atoms with E-state index in [0.29, 0.717) is 22.8 Å². The molecule has 29 heavy (non-hydrogen) atoms. The first-order valence-electron chi connectivity index (χ1n) is 8.79. The van der Waals surface area contributed by atoms with Crippen molar-refractivity contribution < 1.29 is 19.1 Å². The highest BCUT2D eigenvalue weighted by molar-refractivity contribution is 5.99. The van der Waals surface area contributed by atoms with Gasteiger partial charge in [0.25, 0.3) is 11.8 Å². The van der Waals surface area contributed by atoms with Crippen molar-refractivity contribution in [3.05, 3.63) is 59.7 Å². The number of likely N-dealkylation sites (N-methyl/N-ethyl adjacent to an activating group) is 1. The summed E-state index contributed by atoms with van der Waals surface area (Å²) in [6, 6.07) is 15.7. The van der Waals surface area contributed by atoms with Crippen molar-refractivity contribution in [2.24, 2.45) is 5.10 Å². The first kappa shape index (κ1) is 21.4. The fourth-order valence-corrected chi connectivity index (χ4v) is 2.14. The molecule has 150 valence electrons. The lowest BCUT2D eigenvalue weighted by atomic mass is 10.1. The summed E-state index contributed by atoms with van der Waals surface area (Å²) in [5.41, 5.74) is 4.15. The molecule has 0 unspecified atom stereocenters. The maximum Gasteiger partial charge on any atom is 0.277 e. The third kappa shape index (κ3) is 6.66. The predicted molar refractivity (Wildman–Crippen MR) is 108 cm³/mol. The average Bonchev–Trinajstić information content (AvgIpc) is 2.74. The zero-order chi connectivity index (χ0) is 21.2. The molecule has 0 aliphatic rings. The van der Waals surface area contributed by atoms with E-state index in [4.69, 9.17) is 14.7 Å². The smallest absolute Gasteiger partial charge is 0.277 e. The molecule has 2 amide bonds. The number of carbonyl (C=O) groups is 2. The van der Waals surface area contributed by atoms with Gasteiger partial charge in [-0.15, -0.1) is 0 Å². The van der Waals surface area contributed by atoms with Gasteiger partial charge >= 0.3 is 0 Å². The zero-order valence-electron chi connectivity index (χ0n) is 16.5. The summed E-state index contributed by atoms with van der Waals surface area (Å²) in [5.74, 6) is 0.327. The molecular formula is C21H22N4O4. The topological polar surface area (TPSA) is 104 Å². The molecule has 0 radical (unpaired) electrons. The van der Waals surface area contributed by atoms with Gasteiger partial charge in [-0.25, -0.2) is 5.43 Å². The van der Waals surface area contributed by atoms with Crippen LogP contribution in [0.25, 0.3) is 0 Å². The van der Waals surface area contributed by atoms with E-state index in [1.165, 1.54) is 4.90 Å². The van der Waals surface area contributed by atoms with Crippen molar-refractivity contribution in [2.45, 2.75) is 6.92 Å². The van der Waals surface area contributed by atoms with Gasteiger partial charge in [0, 0.05) is 14.1 Å². The Labute approximate surface area is 169 Å². The summed E-state index contributed by atoms with van der Waals surface area (Å²) in [4.78, 5) is 24.9. The number of nitrogens with one attached hydrogen (secondary N) is 1. The SMILES string of the molecule is C/C(=N/NC(=O)COc1ccccc1C#N)c1ccc(OCC(=O)N(C)C)cc1. The van der Waals surface area contributed by atoms with E-state index in [0.717, 1.165) is 5.56 Å². The minimum absolute atomic E-state index is 0.0373. The largest absolute Gasteiger partial charge is 0.484 e. The third-order valence-electron chi connectivity index (χ3n) is 3.85. The Morgan fingerprint density at radius 3 is 2.41 bits per heavy atom. The van der Waals surface area contributed by atoms with E-state index in [2.05, 4.69) is 10.5 Å². The number of nitrogens with zero attached hydrogens (tertiary/aromatic N) is 3. The molecule has 8 nitrogen and oxygen atoms in total. The molecule has 2 aromatic rings. The molecule has 2 aromatic carbocycles. The Hall–Kier alpha value is -3.86. The number of carbonyl (C=O) groups excluding carboxylic acids is 2. The summed E-state index contributed by atoms with van der Waals surface area (Å²) in [6.07, 6.45) is 0. The van der Waals surface area contributed by atoms with Gasteiger partial charge in [-0.05, 0) is 48.9 Å². The second kappa shape index (κ2) is 10.5. The van der Waals surface area contributed by atoms with Gasteiger partial charge in [0.1, 0.15) is 17.6 Å². The first-order chi connectivity index (χ1) is 13.9. The number of ether oxygens (including phenoxy) is 2. The fourth-order valence-electron chi connectivity index (χ4n) is 2.14. The maximum absolute atomic E-state index is 11.9. The molecule has 0 aromatic heterocycles. The number of hydrazone groups is 1. The van der Waals surface area contributed by atoms with Gasteiger partial charge in [0.05, 0.1) is 11.3 Å². The van der Waals surface area contributed by atoms with Crippen LogP contribution in [0.15, 0.2) is 53.6 Å². The van der Waals surface area contributed by atoms with E-state index in [1.807, 2.05) is 6.07 Å². The third-order valence-corrected chi connectivity index (χ3v) is 3.85. The van der Waals surface area contributed by atoms with Crippen LogP contribution in [0.5, 0.6) is 11.5 Å². The number of hydrogen-bond acceptors (Lipinski definition) is 6. The van der Waals surface area contributed by atoms with E-state index >= 15 is 0 Å². The highest BCUT2D eigenvalue weighted by Gasteiger charge is 2.07. The number of amides is 2. The second-order valence-corrected chi connectivity index (χ2v) is 6.23. The van der Waals surface area contributed by atoms with Crippen molar-refractivity contribution in [3.8, 4) is 17.6 Å². The Kier molecular flexibility index (Phi) is 7.74. The van der Waals surface area contributed by atoms with Crippen molar-refractivity contribution in [2.75, 3.05) is 27.3 Å². The van der Waals surface area contributed by atoms with E-state index in [9.17, 15) is 9.59 Å². The Balaban J connectivity index is 1.86. The molecule has 2 rings (SSSR count). The Morgan fingerprint density at radius 2 is 1.76 bits per heavy atom. The van der Waals surface area contributed by atoms with Gasteiger partial charge in [-0.2, -0.15) is 10.4 Å². The van der Waals surface area contributed by atoms with Gasteiger partial charge < -0.3 is 14.4 Å². The highest BCUT2D eigenvalue weighted by atomic mass is 16.5. The number of para-hydroxylation sites is 1. The molecule has 0 aliphatic carbocycles. The molecule has 0 fully saturated rings. The molecule has 0 heterocycles. The van der Waals surface area contributed by atoms with Crippen LogP contribution < -0.4 is 14.9 Å². The number of rotatable bonds is 8. The molecule has 0 bridgehead atoms. The van der Waals surface area contributed by atoms with Crippen LogP contribution in [0.1, 0.15) is 18.1 Å². The summed E-state index contributed by atoms with van der Waals surface area (Å²) in [5, 5.41) is 13.1. The van der Waals surface area contributed by atoms with E-state index in [-0.39, 0.29) is 19.1 Å². The Morgan fingerprint density at radius 1 is 1.07 bits per heavy atom. The summed E-state index contributed by atoms with van der Waals surface area (Å²) in [6.45, 7) is 1.45. The lowest BCUT2D eigenvalue weighted by molar-refractivity contribution is -0.130. The number of hydrogen-bond donors (Lipinski definition) is 1. The second-order valence-electron chi connectivity index (χ2n) is 6.23. The molecule has 0 saturated heterocycles. The van der Waals surface area contributed by atoms with Gasteiger partial charge in [0.15, 0.2) is 13.2 Å². The maximum atomic E-state index is 11.9. The van der Waals surface area contributed by atoms with Gasteiger partial charge in [-0.3, -0.25) is 9.59 Å². The van der Waals surface area contributed by atoms with Crippen molar-refractivity contribution in [1.29, 1.82) is 5.26 Å². The summed E-state index contributed by atoms with van der Waals surface area (Å²) in [7, 11) is 3.33. The zero-order valence-corrected chi connectivity index (χ0v) is 16.5. The van der Waals surface area contributed by atoms with Crippen molar-refractivity contribution in [3.63, 3.8) is 0 Å². The minimum atomic E-state index is -0.445. The van der Waals surface area contributed by atoms with E-state index in [1.54, 1.807) is 69.6 Å². The monoisotopic (exact) mass is 394 g/mol. The van der Waals surface area contributed by atoms with Crippen molar-refractivity contribution >= 4 is 17.5 Å². The normalized spacial score (nSPS) is 10.6. The minimum Gasteiger partial charge on any atom is -0.484 e. The standard InChI is InChI=1S/C21H22N4O4/c1-15(16-8-10-18(11-9-16)28-14-21(27)25(2)3)23-24-20(26)13-29-19-7-5-4-6-17(19)12-22/h4-11H,13-14H2,1-3H3,(H,24,26)/b23-15-. The molecule has 0 atom stereocenters. The molecule has 8 heteroatoms. The molecule has 0 saturated carbocycles. The average molecular weight is 394 g/mol. The summed E-state index contributed by atoms with van der Waals surface area (Å²) >= 11 is 0. The van der Waals surface area contributed by atoms with Crippen LogP contribution in [0.3, 0.4) is 0 Å². The number of benzene rings is 2. The van der Waals surface area contributed by atoms with Crippen LogP contribution in [0.2, 0.25) is 0 Å². The van der Waals surface area contributed by atoms with Crippen LogP contribution in [0.4, 0.5) is 0 Å². The molecule has 0 spiro atoms. The quantitative estimate of drug-likeness (QED) is 0.544. The van der Waals surface area contributed by atoms with Gasteiger partial charge in [0.2, 0.25) is 0 Å². The fraction of sp³-hybridized carbons (Fsp3) is 0.238. The predicted octanol–water partition coefficient (Wildman–Crippen LogP) is 1.94. The van der Waals surface area contributed by atoms with Gasteiger partial charge in [-0.1, -0.05) is 12.1 Å². The van der Waals surface area contributed by atoms with Crippen LogP contribution in [-0.2, 0) is 9.59 Å². The van der Waals surface area contributed by atoms with Crippen LogP contribution in [-0.4, -0.2) is 49.7 Å². The Bertz CT molecular complexity index is 930.